The number of ether oxygens (including phenoxy) is 2. The van der Waals surface area contributed by atoms with Gasteiger partial charge in [-0.1, -0.05) is 0 Å². The van der Waals surface area contributed by atoms with Crippen molar-refractivity contribution in [3.8, 4) is 0 Å². The van der Waals surface area contributed by atoms with Crippen molar-refractivity contribution in [2.75, 3.05) is 31.8 Å². The monoisotopic (exact) mass is 366 g/mol. The zero-order chi connectivity index (χ0) is 18.2. The van der Waals surface area contributed by atoms with E-state index in [0.29, 0.717) is 18.4 Å². The third-order valence-electron chi connectivity index (χ3n) is 3.81. The molecule has 0 saturated heterocycles. The number of esters is 2. The molecule has 0 unspecified atom stereocenters. The molecule has 2 N–H and O–H groups in total. The molecule has 0 radical (unpaired) electrons. The van der Waals surface area contributed by atoms with E-state index >= 15 is 0 Å². The van der Waals surface area contributed by atoms with Crippen molar-refractivity contribution in [2.24, 2.45) is 0 Å². The van der Waals surface area contributed by atoms with Gasteiger partial charge < -0.3 is 20.1 Å². The first-order valence-corrected chi connectivity index (χ1v) is 9.00. The molecule has 136 valence electrons. The molecule has 1 amide bonds. The Morgan fingerprint density at radius 2 is 2.08 bits per heavy atom. The SMILES string of the molecule is COC(=O)CCC[C@H](NC(=O)c1ccc2c(c1)SCCN2)C(=O)OC. The Morgan fingerprint density at radius 1 is 1.28 bits per heavy atom. The van der Waals surface area contributed by atoms with Crippen molar-refractivity contribution in [2.45, 2.75) is 30.2 Å². The minimum atomic E-state index is -0.802. The summed E-state index contributed by atoms with van der Waals surface area (Å²) in [5, 5.41) is 5.96. The Labute approximate surface area is 150 Å². The van der Waals surface area contributed by atoms with E-state index in [2.05, 4.69) is 15.4 Å². The van der Waals surface area contributed by atoms with Crippen LogP contribution in [-0.4, -0.2) is 50.4 Å². The van der Waals surface area contributed by atoms with Gasteiger partial charge in [-0.2, -0.15) is 0 Å². The summed E-state index contributed by atoms with van der Waals surface area (Å²) in [6.07, 6.45) is 0.895. The topological polar surface area (TPSA) is 93.7 Å². The van der Waals surface area contributed by atoms with Crippen LogP contribution in [0.25, 0.3) is 0 Å². The summed E-state index contributed by atoms with van der Waals surface area (Å²) in [7, 11) is 2.58. The third-order valence-corrected chi connectivity index (χ3v) is 4.87. The maximum absolute atomic E-state index is 12.5. The molecule has 25 heavy (non-hydrogen) atoms. The average Bonchev–Trinajstić information content (AvgIpc) is 2.65. The van der Waals surface area contributed by atoms with Crippen molar-refractivity contribution < 1.29 is 23.9 Å². The lowest BCUT2D eigenvalue weighted by Crippen LogP contribution is -2.41. The Hall–Kier alpha value is -2.22. The van der Waals surface area contributed by atoms with Crippen LogP contribution in [0.2, 0.25) is 0 Å². The second-order valence-electron chi connectivity index (χ2n) is 5.50. The van der Waals surface area contributed by atoms with Crippen LogP contribution in [-0.2, 0) is 19.1 Å². The molecule has 1 atom stereocenters. The Bertz CT molecular complexity index is 650. The predicted octanol–water partition coefficient (Wildman–Crippen LogP) is 1.82. The molecule has 1 aliphatic rings. The zero-order valence-electron chi connectivity index (χ0n) is 14.3. The summed E-state index contributed by atoms with van der Waals surface area (Å²) < 4.78 is 9.31. The van der Waals surface area contributed by atoms with Crippen LogP contribution in [0.4, 0.5) is 5.69 Å². The summed E-state index contributed by atoms with van der Waals surface area (Å²) >= 11 is 1.68. The molecule has 1 aliphatic heterocycles. The smallest absolute Gasteiger partial charge is 0.328 e. The number of methoxy groups -OCH3 is 2. The average molecular weight is 366 g/mol. The van der Waals surface area contributed by atoms with Gasteiger partial charge in [0.2, 0.25) is 0 Å². The van der Waals surface area contributed by atoms with Crippen LogP contribution >= 0.6 is 11.8 Å². The quantitative estimate of drug-likeness (QED) is 0.711. The normalized spacial score (nSPS) is 13.8. The number of benzene rings is 1. The lowest BCUT2D eigenvalue weighted by molar-refractivity contribution is -0.144. The van der Waals surface area contributed by atoms with E-state index in [1.807, 2.05) is 12.1 Å². The Balaban J connectivity index is 2.00. The fourth-order valence-corrected chi connectivity index (χ4v) is 3.39. The van der Waals surface area contributed by atoms with E-state index in [0.717, 1.165) is 22.9 Å². The molecule has 0 aliphatic carbocycles. The number of fused-ring (bicyclic) bond motifs is 1. The number of amides is 1. The maximum atomic E-state index is 12.5. The lowest BCUT2D eigenvalue weighted by atomic mass is 10.1. The fourth-order valence-electron chi connectivity index (χ4n) is 2.46. The molecular formula is C17H22N2O5S. The van der Waals surface area contributed by atoms with Crippen LogP contribution in [0.5, 0.6) is 0 Å². The molecular weight excluding hydrogens is 344 g/mol. The van der Waals surface area contributed by atoms with Gasteiger partial charge in [0.1, 0.15) is 6.04 Å². The van der Waals surface area contributed by atoms with Gasteiger partial charge in [-0.15, -0.1) is 11.8 Å². The number of hydrogen-bond acceptors (Lipinski definition) is 7. The number of carbonyl (C=O) groups excluding carboxylic acids is 3. The second-order valence-corrected chi connectivity index (χ2v) is 6.64. The molecule has 7 nitrogen and oxygen atoms in total. The Kier molecular flexibility index (Phi) is 7.12. The van der Waals surface area contributed by atoms with Crippen LogP contribution in [0.3, 0.4) is 0 Å². The van der Waals surface area contributed by atoms with Crippen molar-refractivity contribution in [3.05, 3.63) is 23.8 Å². The molecule has 0 fully saturated rings. The van der Waals surface area contributed by atoms with Gasteiger partial charge in [-0.05, 0) is 31.0 Å². The number of rotatable bonds is 7. The first-order chi connectivity index (χ1) is 12.0. The molecule has 2 rings (SSSR count). The van der Waals surface area contributed by atoms with E-state index in [-0.39, 0.29) is 18.3 Å². The van der Waals surface area contributed by atoms with Gasteiger partial charge in [-0.3, -0.25) is 9.59 Å². The zero-order valence-corrected chi connectivity index (χ0v) is 15.1. The number of carbonyl (C=O) groups is 3. The van der Waals surface area contributed by atoms with Crippen molar-refractivity contribution in [1.82, 2.24) is 5.32 Å². The lowest BCUT2D eigenvalue weighted by Gasteiger charge is -2.19. The maximum Gasteiger partial charge on any atom is 0.328 e. The summed E-state index contributed by atoms with van der Waals surface area (Å²) in [5.74, 6) is -0.292. The number of thioether (sulfide) groups is 1. The predicted molar refractivity (Wildman–Crippen MR) is 94.8 cm³/mol. The standard InChI is InChI=1S/C17H22N2O5S/c1-23-15(20)5-3-4-13(17(22)24-2)19-16(21)11-6-7-12-14(10-11)25-9-8-18-12/h6-7,10,13,18H,3-5,8-9H2,1-2H3,(H,19,21)/t13-/m0/s1. The molecule has 8 heteroatoms. The number of anilines is 1. The van der Waals surface area contributed by atoms with E-state index < -0.39 is 12.0 Å². The van der Waals surface area contributed by atoms with Gasteiger partial charge in [0, 0.05) is 34.9 Å². The van der Waals surface area contributed by atoms with Crippen molar-refractivity contribution in [1.29, 1.82) is 0 Å². The number of hydrogen-bond donors (Lipinski definition) is 2. The van der Waals surface area contributed by atoms with Crippen molar-refractivity contribution in [3.63, 3.8) is 0 Å². The molecule has 0 spiro atoms. The minimum Gasteiger partial charge on any atom is -0.469 e. The van der Waals surface area contributed by atoms with Crippen LogP contribution in [0.15, 0.2) is 23.1 Å². The van der Waals surface area contributed by atoms with Gasteiger partial charge >= 0.3 is 11.9 Å². The molecule has 0 aromatic heterocycles. The van der Waals surface area contributed by atoms with Gasteiger partial charge in [-0.25, -0.2) is 4.79 Å². The van der Waals surface area contributed by atoms with E-state index in [1.165, 1.54) is 14.2 Å². The minimum absolute atomic E-state index is 0.182. The van der Waals surface area contributed by atoms with Crippen LogP contribution < -0.4 is 10.6 Å². The summed E-state index contributed by atoms with van der Waals surface area (Å²) in [4.78, 5) is 36.6. The molecule has 1 heterocycles. The Morgan fingerprint density at radius 3 is 2.80 bits per heavy atom. The van der Waals surface area contributed by atoms with Crippen molar-refractivity contribution >= 4 is 35.3 Å². The highest BCUT2D eigenvalue weighted by Crippen LogP contribution is 2.31. The van der Waals surface area contributed by atoms with Gasteiger partial charge in [0.25, 0.3) is 5.91 Å². The summed E-state index contributed by atoms with van der Waals surface area (Å²) in [6, 6.07) is 4.59. The van der Waals surface area contributed by atoms with E-state index in [1.54, 1.807) is 17.8 Å². The molecule has 1 aromatic rings. The van der Waals surface area contributed by atoms with Crippen LogP contribution in [0, 0.1) is 0 Å². The highest BCUT2D eigenvalue weighted by molar-refractivity contribution is 7.99. The van der Waals surface area contributed by atoms with Gasteiger partial charge in [0.05, 0.1) is 14.2 Å². The summed E-state index contributed by atoms with van der Waals surface area (Å²) in [6.45, 7) is 0.897. The van der Waals surface area contributed by atoms with E-state index in [9.17, 15) is 14.4 Å². The fraction of sp³-hybridized carbons (Fsp3) is 0.471. The van der Waals surface area contributed by atoms with Crippen LogP contribution in [0.1, 0.15) is 29.6 Å². The first kappa shape index (κ1) is 19.1. The molecule has 0 bridgehead atoms. The van der Waals surface area contributed by atoms with Gasteiger partial charge in [0.15, 0.2) is 0 Å². The number of nitrogens with one attached hydrogen (secondary N) is 2. The molecule has 0 saturated carbocycles. The summed E-state index contributed by atoms with van der Waals surface area (Å²) in [5.41, 5.74) is 1.49. The van der Waals surface area contributed by atoms with E-state index in [4.69, 9.17) is 4.74 Å². The third kappa shape index (κ3) is 5.38. The molecule has 1 aromatic carbocycles. The highest BCUT2D eigenvalue weighted by Gasteiger charge is 2.23. The second kappa shape index (κ2) is 9.31. The largest absolute Gasteiger partial charge is 0.469 e. The highest BCUT2D eigenvalue weighted by atomic mass is 32.2. The first-order valence-electron chi connectivity index (χ1n) is 8.01.